The van der Waals surface area contributed by atoms with Crippen LogP contribution in [-0.2, 0) is 10.0 Å². The first kappa shape index (κ1) is 15.4. The molecular formula is C13H13ClN2O4S. The Morgan fingerprint density at radius 2 is 1.95 bits per heavy atom. The lowest BCUT2D eigenvalue weighted by atomic mass is 10.3. The van der Waals surface area contributed by atoms with E-state index in [0.717, 1.165) is 0 Å². The number of benzene rings is 1. The van der Waals surface area contributed by atoms with Crippen molar-refractivity contribution in [2.45, 2.75) is 4.90 Å². The van der Waals surface area contributed by atoms with Gasteiger partial charge in [0.25, 0.3) is 10.0 Å². The molecule has 1 aromatic carbocycles. The highest BCUT2D eigenvalue weighted by Crippen LogP contribution is 2.31. The SMILES string of the molecule is COc1ccc(NS(=O)(=O)c2cnccc2Cl)c(OC)c1. The number of hydrogen-bond acceptors (Lipinski definition) is 5. The fourth-order valence-electron chi connectivity index (χ4n) is 1.64. The third-order valence-corrected chi connectivity index (χ3v) is 4.51. The first-order valence-corrected chi connectivity index (χ1v) is 7.68. The molecule has 0 spiro atoms. The van der Waals surface area contributed by atoms with Crippen LogP contribution in [0.15, 0.2) is 41.6 Å². The molecule has 0 aliphatic carbocycles. The van der Waals surface area contributed by atoms with E-state index in [9.17, 15) is 8.42 Å². The van der Waals surface area contributed by atoms with E-state index in [0.29, 0.717) is 11.5 Å². The van der Waals surface area contributed by atoms with Gasteiger partial charge in [-0.1, -0.05) is 11.6 Å². The summed E-state index contributed by atoms with van der Waals surface area (Å²) < 4.78 is 37.3. The van der Waals surface area contributed by atoms with Crippen molar-refractivity contribution in [3.05, 3.63) is 41.7 Å². The minimum Gasteiger partial charge on any atom is -0.497 e. The van der Waals surface area contributed by atoms with Gasteiger partial charge in [-0.3, -0.25) is 9.71 Å². The van der Waals surface area contributed by atoms with Crippen LogP contribution in [0.4, 0.5) is 5.69 Å². The second kappa shape index (κ2) is 6.19. The van der Waals surface area contributed by atoms with Gasteiger partial charge in [0.05, 0.1) is 24.9 Å². The number of anilines is 1. The molecule has 112 valence electrons. The molecule has 0 radical (unpaired) electrons. The van der Waals surface area contributed by atoms with Crippen LogP contribution >= 0.6 is 11.6 Å². The monoisotopic (exact) mass is 328 g/mol. The predicted octanol–water partition coefficient (Wildman–Crippen LogP) is 2.55. The Balaban J connectivity index is 2.40. The zero-order chi connectivity index (χ0) is 15.5. The molecule has 21 heavy (non-hydrogen) atoms. The van der Waals surface area contributed by atoms with Gasteiger partial charge < -0.3 is 9.47 Å². The number of ether oxygens (including phenoxy) is 2. The highest BCUT2D eigenvalue weighted by atomic mass is 35.5. The van der Waals surface area contributed by atoms with E-state index in [1.54, 1.807) is 18.2 Å². The standard InChI is InChI=1S/C13H13ClN2O4S/c1-19-9-3-4-11(12(7-9)20-2)16-21(17,18)13-8-15-6-5-10(13)14/h3-8,16H,1-2H3. The Hall–Kier alpha value is -1.99. The number of nitrogens with one attached hydrogen (secondary N) is 1. The van der Waals surface area contributed by atoms with E-state index in [1.807, 2.05) is 0 Å². The van der Waals surface area contributed by atoms with Gasteiger partial charge >= 0.3 is 0 Å². The molecule has 0 aliphatic rings. The summed E-state index contributed by atoms with van der Waals surface area (Å²) >= 11 is 5.89. The van der Waals surface area contributed by atoms with Crippen molar-refractivity contribution in [3.8, 4) is 11.5 Å². The quantitative estimate of drug-likeness (QED) is 0.912. The van der Waals surface area contributed by atoms with Crippen LogP contribution in [0.1, 0.15) is 0 Å². The van der Waals surface area contributed by atoms with Crippen LogP contribution in [0, 0.1) is 0 Å². The summed E-state index contributed by atoms with van der Waals surface area (Å²) in [6.07, 6.45) is 2.59. The molecule has 0 unspecified atom stereocenters. The summed E-state index contributed by atoms with van der Waals surface area (Å²) in [6.45, 7) is 0. The highest BCUT2D eigenvalue weighted by Gasteiger charge is 2.20. The number of hydrogen-bond donors (Lipinski definition) is 1. The summed E-state index contributed by atoms with van der Waals surface area (Å²) in [5.41, 5.74) is 0.276. The minimum atomic E-state index is -3.86. The van der Waals surface area contributed by atoms with E-state index in [2.05, 4.69) is 9.71 Å². The minimum absolute atomic E-state index is 0.0879. The van der Waals surface area contributed by atoms with Crippen molar-refractivity contribution in [3.63, 3.8) is 0 Å². The van der Waals surface area contributed by atoms with E-state index in [4.69, 9.17) is 21.1 Å². The Morgan fingerprint density at radius 3 is 2.57 bits per heavy atom. The lowest BCUT2D eigenvalue weighted by Gasteiger charge is -2.13. The van der Waals surface area contributed by atoms with Gasteiger partial charge in [0.15, 0.2) is 0 Å². The Labute approximate surface area is 127 Å². The molecular weight excluding hydrogens is 316 g/mol. The van der Waals surface area contributed by atoms with Crippen molar-refractivity contribution in [2.75, 3.05) is 18.9 Å². The molecule has 1 aromatic heterocycles. The Bertz CT molecular complexity index is 750. The summed E-state index contributed by atoms with van der Waals surface area (Å²) in [4.78, 5) is 3.66. The topological polar surface area (TPSA) is 77.5 Å². The first-order chi connectivity index (χ1) is 9.97. The summed E-state index contributed by atoms with van der Waals surface area (Å²) in [7, 11) is -0.919. The van der Waals surface area contributed by atoms with Crippen molar-refractivity contribution >= 4 is 27.3 Å². The molecule has 1 N–H and O–H groups in total. The van der Waals surface area contributed by atoms with Crippen LogP contribution in [0.25, 0.3) is 0 Å². The number of sulfonamides is 1. The van der Waals surface area contributed by atoms with Crippen LogP contribution < -0.4 is 14.2 Å². The van der Waals surface area contributed by atoms with Crippen molar-refractivity contribution in [1.29, 1.82) is 0 Å². The van der Waals surface area contributed by atoms with E-state index >= 15 is 0 Å². The Morgan fingerprint density at radius 1 is 1.19 bits per heavy atom. The number of methoxy groups -OCH3 is 2. The van der Waals surface area contributed by atoms with E-state index < -0.39 is 10.0 Å². The third-order valence-electron chi connectivity index (χ3n) is 2.68. The van der Waals surface area contributed by atoms with Gasteiger partial charge in [-0.15, -0.1) is 0 Å². The van der Waals surface area contributed by atoms with Gasteiger partial charge in [-0.05, 0) is 18.2 Å². The molecule has 8 heteroatoms. The zero-order valence-corrected chi connectivity index (χ0v) is 12.9. The van der Waals surface area contributed by atoms with Gasteiger partial charge in [0.2, 0.25) is 0 Å². The van der Waals surface area contributed by atoms with Gasteiger partial charge in [-0.2, -0.15) is 0 Å². The van der Waals surface area contributed by atoms with Crippen molar-refractivity contribution < 1.29 is 17.9 Å². The van der Waals surface area contributed by atoms with Crippen LogP contribution in [0.2, 0.25) is 5.02 Å². The van der Waals surface area contributed by atoms with Crippen LogP contribution in [0.5, 0.6) is 11.5 Å². The predicted molar refractivity (Wildman–Crippen MR) is 79.6 cm³/mol. The maximum absolute atomic E-state index is 12.3. The average Bonchev–Trinajstić information content (AvgIpc) is 2.47. The molecule has 0 saturated carbocycles. The second-order valence-electron chi connectivity index (χ2n) is 3.98. The molecule has 6 nitrogen and oxygen atoms in total. The van der Waals surface area contributed by atoms with Crippen molar-refractivity contribution in [2.24, 2.45) is 0 Å². The van der Waals surface area contributed by atoms with Gasteiger partial charge in [-0.25, -0.2) is 8.42 Å². The molecule has 0 atom stereocenters. The maximum Gasteiger partial charge on any atom is 0.265 e. The Kier molecular flexibility index (Phi) is 4.54. The highest BCUT2D eigenvalue weighted by molar-refractivity contribution is 7.92. The molecule has 0 saturated heterocycles. The number of nitrogens with zero attached hydrogens (tertiary/aromatic N) is 1. The van der Waals surface area contributed by atoms with E-state index in [-0.39, 0.29) is 15.6 Å². The number of pyridine rings is 1. The average molecular weight is 329 g/mol. The molecule has 1 heterocycles. The van der Waals surface area contributed by atoms with Gasteiger partial charge in [0.1, 0.15) is 16.4 Å². The summed E-state index contributed by atoms with van der Waals surface area (Å²) in [5.74, 6) is 0.882. The largest absolute Gasteiger partial charge is 0.497 e. The maximum atomic E-state index is 12.3. The van der Waals surface area contributed by atoms with Crippen LogP contribution in [0.3, 0.4) is 0 Å². The number of aromatic nitrogens is 1. The molecule has 0 aliphatic heterocycles. The molecule has 0 amide bonds. The molecule has 0 fully saturated rings. The number of halogens is 1. The first-order valence-electron chi connectivity index (χ1n) is 5.82. The lowest BCUT2D eigenvalue weighted by Crippen LogP contribution is -2.14. The summed E-state index contributed by atoms with van der Waals surface area (Å²) in [6, 6.07) is 6.13. The van der Waals surface area contributed by atoms with E-state index in [1.165, 1.54) is 32.7 Å². The molecule has 2 aromatic rings. The number of rotatable bonds is 5. The smallest absolute Gasteiger partial charge is 0.265 e. The van der Waals surface area contributed by atoms with Gasteiger partial charge in [0, 0.05) is 18.5 Å². The van der Waals surface area contributed by atoms with Crippen LogP contribution in [-0.4, -0.2) is 27.6 Å². The fourth-order valence-corrected chi connectivity index (χ4v) is 3.15. The molecule has 2 rings (SSSR count). The van der Waals surface area contributed by atoms with Crippen molar-refractivity contribution in [1.82, 2.24) is 4.98 Å². The molecule has 0 bridgehead atoms. The third kappa shape index (κ3) is 3.37. The normalized spacial score (nSPS) is 11.0. The second-order valence-corrected chi connectivity index (χ2v) is 6.04. The fraction of sp³-hybridized carbons (Fsp3) is 0.154. The summed E-state index contributed by atoms with van der Waals surface area (Å²) in [5, 5.41) is 0.0879. The lowest BCUT2D eigenvalue weighted by molar-refractivity contribution is 0.395. The zero-order valence-electron chi connectivity index (χ0n) is 11.3.